The maximum absolute atomic E-state index is 13.2. The number of nitrogens with one attached hydrogen (secondary N) is 1. The standard InChI is InChI=1S/C20H25F2N3O.C3H8/c1-5-7-13-11(2)12(3)14-8-6-9-16(17(13)14)23-20(26)15-10-25(4)24-18(15)19(21)22;1-3-2/h6,8-13,19H,5,7H2,1-4H3,(H,23,26);3H2,1-2H3. The summed E-state index contributed by atoms with van der Waals surface area (Å²) < 4.78 is 27.6. The van der Waals surface area contributed by atoms with Crippen LogP contribution >= 0.6 is 0 Å². The molecule has 0 spiro atoms. The first-order valence-electron chi connectivity index (χ1n) is 10.5. The molecule has 29 heavy (non-hydrogen) atoms. The van der Waals surface area contributed by atoms with Gasteiger partial charge in [0, 0.05) is 18.9 Å². The lowest BCUT2D eigenvalue weighted by atomic mass is 9.86. The lowest BCUT2D eigenvalue weighted by Crippen LogP contribution is -2.16. The largest absolute Gasteiger partial charge is 0.322 e. The Morgan fingerprint density at radius 2 is 1.90 bits per heavy atom. The van der Waals surface area contributed by atoms with Crippen LogP contribution in [0.25, 0.3) is 0 Å². The first-order chi connectivity index (χ1) is 13.8. The molecule has 0 saturated heterocycles. The number of benzene rings is 1. The van der Waals surface area contributed by atoms with Gasteiger partial charge in [0.05, 0.1) is 5.56 Å². The Morgan fingerprint density at radius 1 is 1.24 bits per heavy atom. The summed E-state index contributed by atoms with van der Waals surface area (Å²) in [6.45, 7) is 10.9. The molecule has 160 valence electrons. The van der Waals surface area contributed by atoms with E-state index in [1.165, 1.54) is 29.9 Å². The lowest BCUT2D eigenvalue weighted by Gasteiger charge is -2.20. The van der Waals surface area contributed by atoms with E-state index in [0.29, 0.717) is 17.8 Å². The molecule has 0 radical (unpaired) electrons. The summed E-state index contributed by atoms with van der Waals surface area (Å²) in [5.74, 6) is 0.723. The van der Waals surface area contributed by atoms with Gasteiger partial charge in [-0.1, -0.05) is 59.6 Å². The van der Waals surface area contributed by atoms with Crippen LogP contribution in [0.15, 0.2) is 24.4 Å². The number of hydrogen-bond acceptors (Lipinski definition) is 2. The van der Waals surface area contributed by atoms with E-state index >= 15 is 0 Å². The predicted molar refractivity (Wildman–Crippen MR) is 114 cm³/mol. The van der Waals surface area contributed by atoms with Gasteiger partial charge >= 0.3 is 0 Å². The smallest absolute Gasteiger partial charge is 0.282 e. The SMILES string of the molecule is CCC.CCCC1c2c(NC(=O)c3cn(C)nc3C(F)F)cccc2C(C)C1C. The van der Waals surface area contributed by atoms with E-state index < -0.39 is 18.0 Å². The zero-order valence-electron chi connectivity index (χ0n) is 18.3. The second-order valence-electron chi connectivity index (χ2n) is 7.92. The van der Waals surface area contributed by atoms with Gasteiger partial charge in [0.15, 0.2) is 0 Å². The zero-order chi connectivity index (χ0) is 21.7. The molecule has 1 heterocycles. The third-order valence-corrected chi connectivity index (χ3v) is 5.58. The monoisotopic (exact) mass is 405 g/mol. The van der Waals surface area contributed by atoms with E-state index in [0.717, 1.165) is 24.1 Å². The topological polar surface area (TPSA) is 46.9 Å². The van der Waals surface area contributed by atoms with Crippen molar-refractivity contribution in [2.24, 2.45) is 13.0 Å². The molecule has 6 heteroatoms. The highest BCUT2D eigenvalue weighted by atomic mass is 19.3. The van der Waals surface area contributed by atoms with Gasteiger partial charge in [-0.15, -0.1) is 0 Å². The maximum Gasteiger partial charge on any atom is 0.282 e. The molecule has 4 nitrogen and oxygen atoms in total. The summed E-state index contributed by atoms with van der Waals surface area (Å²) in [5.41, 5.74) is 2.57. The van der Waals surface area contributed by atoms with Crippen molar-refractivity contribution < 1.29 is 13.6 Å². The molecular weight excluding hydrogens is 372 g/mol. The van der Waals surface area contributed by atoms with Gasteiger partial charge in [0.1, 0.15) is 5.69 Å². The van der Waals surface area contributed by atoms with Gasteiger partial charge in [-0.3, -0.25) is 9.48 Å². The average Bonchev–Trinajstić information content (AvgIpc) is 3.18. The normalized spacial score (nSPS) is 20.2. The highest BCUT2D eigenvalue weighted by Crippen LogP contribution is 2.51. The number of carbonyl (C=O) groups excluding carboxylic acids is 1. The van der Waals surface area contributed by atoms with Crippen LogP contribution in [0.1, 0.15) is 99.3 Å². The average molecular weight is 406 g/mol. The summed E-state index contributed by atoms with van der Waals surface area (Å²) >= 11 is 0. The van der Waals surface area contributed by atoms with Crippen LogP contribution < -0.4 is 5.32 Å². The maximum atomic E-state index is 13.2. The van der Waals surface area contributed by atoms with E-state index in [1.807, 2.05) is 12.1 Å². The van der Waals surface area contributed by atoms with Crippen molar-refractivity contribution in [3.63, 3.8) is 0 Å². The number of rotatable bonds is 5. The van der Waals surface area contributed by atoms with E-state index in [-0.39, 0.29) is 5.56 Å². The Bertz CT molecular complexity index is 832. The predicted octanol–water partition coefficient (Wildman–Crippen LogP) is 6.66. The number of alkyl halides is 2. The molecule has 1 aromatic heterocycles. The Kier molecular flexibility index (Phi) is 7.94. The highest BCUT2D eigenvalue weighted by Gasteiger charge is 2.36. The third kappa shape index (κ3) is 4.85. The first-order valence-corrected chi connectivity index (χ1v) is 10.5. The Hall–Kier alpha value is -2.24. The van der Waals surface area contributed by atoms with Crippen molar-refractivity contribution in [2.45, 2.75) is 72.1 Å². The van der Waals surface area contributed by atoms with Gasteiger partial charge in [-0.05, 0) is 41.4 Å². The number of amides is 1. The van der Waals surface area contributed by atoms with Crippen molar-refractivity contribution in [2.75, 3.05) is 5.32 Å². The van der Waals surface area contributed by atoms with Gasteiger partial charge < -0.3 is 5.32 Å². The van der Waals surface area contributed by atoms with Crippen LogP contribution in [0.2, 0.25) is 0 Å². The number of carbonyl (C=O) groups is 1. The van der Waals surface area contributed by atoms with Crippen LogP contribution in [0.3, 0.4) is 0 Å². The molecule has 1 aromatic carbocycles. The molecule has 0 saturated carbocycles. The van der Waals surface area contributed by atoms with Gasteiger partial charge in [0.25, 0.3) is 12.3 Å². The van der Waals surface area contributed by atoms with Crippen LogP contribution in [0, 0.1) is 5.92 Å². The van der Waals surface area contributed by atoms with Crippen LogP contribution in [0.5, 0.6) is 0 Å². The minimum absolute atomic E-state index is 0.0776. The first kappa shape index (κ1) is 23.0. The molecule has 3 rings (SSSR count). The van der Waals surface area contributed by atoms with Gasteiger partial charge in [-0.2, -0.15) is 5.10 Å². The number of anilines is 1. The molecular formula is C23H33F2N3O. The molecule has 0 fully saturated rings. The third-order valence-electron chi connectivity index (χ3n) is 5.58. The fourth-order valence-electron chi connectivity index (χ4n) is 4.15. The summed E-state index contributed by atoms with van der Waals surface area (Å²) in [7, 11) is 1.53. The molecule has 2 aromatic rings. The van der Waals surface area contributed by atoms with Gasteiger partial charge in [-0.25, -0.2) is 8.78 Å². The summed E-state index contributed by atoms with van der Waals surface area (Å²) in [4.78, 5) is 12.7. The van der Waals surface area contributed by atoms with Crippen LogP contribution in [-0.2, 0) is 7.05 Å². The molecule has 0 aliphatic heterocycles. The summed E-state index contributed by atoms with van der Waals surface area (Å²) in [6.07, 6.45) is 1.91. The number of aromatic nitrogens is 2. The minimum atomic E-state index is -2.79. The summed E-state index contributed by atoms with van der Waals surface area (Å²) in [6, 6.07) is 5.89. The Labute approximate surface area is 172 Å². The molecule has 3 unspecified atom stereocenters. The van der Waals surface area contributed by atoms with E-state index in [9.17, 15) is 13.6 Å². The second-order valence-corrected chi connectivity index (χ2v) is 7.92. The number of aryl methyl sites for hydroxylation is 1. The van der Waals surface area contributed by atoms with Crippen molar-refractivity contribution in [1.82, 2.24) is 9.78 Å². The minimum Gasteiger partial charge on any atom is -0.322 e. The molecule has 1 aliphatic rings. The van der Waals surface area contributed by atoms with Crippen molar-refractivity contribution in [3.05, 3.63) is 46.8 Å². The van der Waals surface area contributed by atoms with Crippen molar-refractivity contribution in [1.29, 1.82) is 0 Å². The highest BCUT2D eigenvalue weighted by molar-refractivity contribution is 6.05. The number of nitrogens with zero attached hydrogens (tertiary/aromatic N) is 2. The van der Waals surface area contributed by atoms with E-state index in [2.05, 4.69) is 51.1 Å². The number of fused-ring (bicyclic) bond motifs is 1. The number of hydrogen-bond donors (Lipinski definition) is 1. The fraction of sp³-hybridized carbons (Fsp3) is 0.565. The molecule has 3 atom stereocenters. The Balaban J connectivity index is 0.000000941. The fourth-order valence-corrected chi connectivity index (χ4v) is 4.15. The van der Waals surface area contributed by atoms with E-state index in [1.54, 1.807) is 0 Å². The lowest BCUT2D eigenvalue weighted by molar-refractivity contribution is 0.101. The zero-order valence-corrected chi connectivity index (χ0v) is 18.3. The van der Waals surface area contributed by atoms with Gasteiger partial charge in [0.2, 0.25) is 0 Å². The van der Waals surface area contributed by atoms with Crippen molar-refractivity contribution in [3.8, 4) is 0 Å². The molecule has 1 N–H and O–H groups in total. The second kappa shape index (κ2) is 9.99. The van der Waals surface area contributed by atoms with Crippen LogP contribution in [-0.4, -0.2) is 15.7 Å². The summed E-state index contributed by atoms with van der Waals surface area (Å²) in [5, 5.41) is 6.59. The quantitative estimate of drug-likeness (QED) is 0.604. The molecule has 1 amide bonds. The van der Waals surface area contributed by atoms with E-state index in [4.69, 9.17) is 0 Å². The molecule has 0 bridgehead atoms. The van der Waals surface area contributed by atoms with Crippen LogP contribution in [0.4, 0.5) is 14.5 Å². The Morgan fingerprint density at radius 3 is 2.48 bits per heavy atom. The molecule has 1 aliphatic carbocycles. The van der Waals surface area contributed by atoms with Crippen molar-refractivity contribution >= 4 is 11.6 Å². The number of halogens is 2.